The second-order valence-electron chi connectivity index (χ2n) is 2.52. The number of halogens is 1. The van der Waals surface area contributed by atoms with E-state index in [9.17, 15) is 4.79 Å². The van der Waals surface area contributed by atoms with Gasteiger partial charge in [0.15, 0.2) is 0 Å². The third-order valence-corrected chi connectivity index (χ3v) is 1.31. The van der Waals surface area contributed by atoms with Gasteiger partial charge in [-0.15, -0.1) is 12.4 Å². The van der Waals surface area contributed by atoms with E-state index < -0.39 is 0 Å². The molecule has 0 saturated heterocycles. The van der Waals surface area contributed by atoms with Crippen molar-refractivity contribution < 1.29 is 9.53 Å². The minimum Gasteiger partial charge on any atom is -0.450 e. The predicted octanol–water partition coefficient (Wildman–Crippen LogP) is 1.15. The van der Waals surface area contributed by atoms with Crippen LogP contribution in [0.5, 0.6) is 0 Å². The maximum Gasteiger partial charge on any atom is 0.407 e. The van der Waals surface area contributed by atoms with Crippen molar-refractivity contribution in [2.24, 2.45) is 0 Å². The molecule has 0 aromatic heterocycles. The van der Waals surface area contributed by atoms with Crippen LogP contribution in [0, 0.1) is 0 Å². The van der Waals surface area contributed by atoms with E-state index in [0.717, 1.165) is 19.4 Å². The molecule has 2 N–H and O–H groups in total. The zero-order valence-electron chi connectivity index (χ0n) is 8.26. The Bertz CT molecular complexity index is 123. The van der Waals surface area contributed by atoms with Gasteiger partial charge in [0.25, 0.3) is 0 Å². The molecule has 4 nitrogen and oxygen atoms in total. The van der Waals surface area contributed by atoms with Crippen molar-refractivity contribution in [3.05, 3.63) is 0 Å². The summed E-state index contributed by atoms with van der Waals surface area (Å²) < 4.78 is 4.80. The predicted molar refractivity (Wildman–Crippen MR) is 55.4 cm³/mol. The lowest BCUT2D eigenvalue weighted by Gasteiger charge is -2.04. The summed E-state index contributed by atoms with van der Waals surface area (Å²) in [5, 5.41) is 5.64. The third kappa shape index (κ3) is 11.5. The summed E-state index contributed by atoms with van der Waals surface area (Å²) in [6, 6.07) is 0. The Morgan fingerprint density at radius 1 is 1.38 bits per heavy atom. The van der Waals surface area contributed by atoms with Crippen LogP contribution >= 0.6 is 12.4 Å². The van der Waals surface area contributed by atoms with Gasteiger partial charge >= 0.3 is 6.09 Å². The minimum atomic E-state index is -0.312. The summed E-state index contributed by atoms with van der Waals surface area (Å²) in [5.74, 6) is 0. The van der Waals surface area contributed by atoms with Crippen molar-refractivity contribution in [1.82, 2.24) is 10.6 Å². The molecule has 0 aliphatic rings. The van der Waals surface area contributed by atoms with Gasteiger partial charge in [-0.1, -0.05) is 6.92 Å². The highest BCUT2D eigenvalue weighted by Gasteiger charge is 1.97. The number of rotatable bonds is 6. The number of alkyl carbamates (subject to hydrolysis) is 1. The van der Waals surface area contributed by atoms with E-state index in [2.05, 4.69) is 10.6 Å². The lowest BCUT2D eigenvalue weighted by molar-refractivity contribution is 0.146. The number of amides is 1. The van der Waals surface area contributed by atoms with Crippen molar-refractivity contribution in [3.8, 4) is 0 Å². The molecule has 0 spiro atoms. The van der Waals surface area contributed by atoms with E-state index >= 15 is 0 Å². The van der Waals surface area contributed by atoms with Gasteiger partial charge in [0.1, 0.15) is 0 Å². The molecule has 13 heavy (non-hydrogen) atoms. The molecule has 0 heterocycles. The smallest absolute Gasteiger partial charge is 0.407 e. The van der Waals surface area contributed by atoms with E-state index in [4.69, 9.17) is 4.74 Å². The number of hydrogen-bond acceptors (Lipinski definition) is 3. The van der Waals surface area contributed by atoms with Crippen LogP contribution in [0.1, 0.15) is 19.8 Å². The topological polar surface area (TPSA) is 50.4 Å². The second kappa shape index (κ2) is 11.5. The average Bonchev–Trinajstić information content (AvgIpc) is 2.09. The van der Waals surface area contributed by atoms with Crippen LogP contribution in [0.25, 0.3) is 0 Å². The van der Waals surface area contributed by atoms with Crippen LogP contribution < -0.4 is 10.6 Å². The van der Waals surface area contributed by atoms with Gasteiger partial charge in [-0.3, -0.25) is 0 Å². The first kappa shape index (κ1) is 15.0. The molecule has 1 amide bonds. The Balaban J connectivity index is 0. The molecule has 5 heteroatoms. The Morgan fingerprint density at radius 2 is 2.08 bits per heavy atom. The van der Waals surface area contributed by atoms with Gasteiger partial charge in [0.2, 0.25) is 0 Å². The average molecular weight is 211 g/mol. The number of ether oxygens (including phenoxy) is 1. The molecule has 0 radical (unpaired) electrons. The fourth-order valence-corrected chi connectivity index (χ4v) is 0.701. The van der Waals surface area contributed by atoms with E-state index in [-0.39, 0.29) is 18.5 Å². The molecule has 0 rings (SSSR count). The van der Waals surface area contributed by atoms with Gasteiger partial charge in [-0.2, -0.15) is 0 Å². The number of nitrogens with one attached hydrogen (secondary N) is 2. The fraction of sp³-hybridized carbons (Fsp3) is 0.875. The van der Waals surface area contributed by atoms with E-state index in [1.54, 1.807) is 0 Å². The van der Waals surface area contributed by atoms with Crippen molar-refractivity contribution in [1.29, 1.82) is 0 Å². The van der Waals surface area contributed by atoms with E-state index in [1.165, 1.54) is 0 Å². The quantitative estimate of drug-likeness (QED) is 0.647. The molecular weight excluding hydrogens is 192 g/mol. The van der Waals surface area contributed by atoms with Crippen LogP contribution in [-0.4, -0.2) is 32.8 Å². The molecule has 0 aromatic rings. The third-order valence-electron chi connectivity index (χ3n) is 1.31. The first-order valence-corrected chi connectivity index (χ1v) is 4.36. The zero-order valence-corrected chi connectivity index (χ0v) is 9.08. The molecule has 0 aliphatic heterocycles. The molecule has 0 aromatic carbocycles. The van der Waals surface area contributed by atoms with Crippen molar-refractivity contribution >= 4 is 18.5 Å². The standard InChI is InChI=1S/C8H18N2O2.ClH/c1-3-7-12-8(11)10-6-4-5-9-2;/h9H,3-7H2,1-2H3,(H,10,11);1H. The fourth-order valence-electron chi connectivity index (χ4n) is 0.701. The Labute approximate surface area is 85.8 Å². The SMILES string of the molecule is CCCOC(=O)NCCCNC.Cl. The Morgan fingerprint density at radius 3 is 2.62 bits per heavy atom. The van der Waals surface area contributed by atoms with Crippen LogP contribution in [0.15, 0.2) is 0 Å². The summed E-state index contributed by atoms with van der Waals surface area (Å²) in [5.41, 5.74) is 0. The number of hydrogen-bond donors (Lipinski definition) is 2. The Kier molecular flexibility index (Phi) is 13.3. The number of carbonyl (C=O) groups is 1. The van der Waals surface area contributed by atoms with Crippen LogP contribution in [0.2, 0.25) is 0 Å². The molecule has 0 bridgehead atoms. The zero-order chi connectivity index (χ0) is 9.23. The summed E-state index contributed by atoms with van der Waals surface area (Å²) in [6.07, 6.45) is 1.48. The van der Waals surface area contributed by atoms with Crippen molar-refractivity contribution in [3.63, 3.8) is 0 Å². The van der Waals surface area contributed by atoms with Gasteiger partial charge in [0.05, 0.1) is 6.61 Å². The highest BCUT2D eigenvalue weighted by molar-refractivity contribution is 5.85. The first-order chi connectivity index (χ1) is 5.81. The maximum absolute atomic E-state index is 10.8. The monoisotopic (exact) mass is 210 g/mol. The van der Waals surface area contributed by atoms with Crippen LogP contribution in [0.4, 0.5) is 4.79 Å². The van der Waals surface area contributed by atoms with Gasteiger partial charge in [-0.05, 0) is 26.4 Å². The molecular formula is C8H19ClN2O2. The minimum absolute atomic E-state index is 0. The summed E-state index contributed by atoms with van der Waals surface area (Å²) in [7, 11) is 1.88. The van der Waals surface area contributed by atoms with Crippen molar-refractivity contribution in [2.75, 3.05) is 26.7 Å². The summed E-state index contributed by atoms with van der Waals surface area (Å²) in [6.45, 7) is 4.05. The van der Waals surface area contributed by atoms with E-state index in [1.807, 2.05) is 14.0 Å². The van der Waals surface area contributed by atoms with Crippen LogP contribution in [0.3, 0.4) is 0 Å². The second-order valence-corrected chi connectivity index (χ2v) is 2.52. The number of carbonyl (C=O) groups excluding carboxylic acids is 1. The Hall–Kier alpha value is -0.480. The molecule has 0 fully saturated rings. The molecule has 80 valence electrons. The highest BCUT2D eigenvalue weighted by Crippen LogP contribution is 1.82. The van der Waals surface area contributed by atoms with E-state index in [0.29, 0.717) is 13.2 Å². The molecule has 0 unspecified atom stereocenters. The summed E-state index contributed by atoms with van der Waals surface area (Å²) in [4.78, 5) is 10.8. The highest BCUT2D eigenvalue weighted by atomic mass is 35.5. The summed E-state index contributed by atoms with van der Waals surface area (Å²) >= 11 is 0. The van der Waals surface area contributed by atoms with Gasteiger partial charge < -0.3 is 15.4 Å². The lowest BCUT2D eigenvalue weighted by atomic mass is 10.4. The lowest BCUT2D eigenvalue weighted by Crippen LogP contribution is -2.27. The largest absolute Gasteiger partial charge is 0.450 e. The molecule has 0 saturated carbocycles. The molecule has 0 atom stereocenters. The van der Waals surface area contributed by atoms with Gasteiger partial charge in [0, 0.05) is 6.54 Å². The molecule has 0 aliphatic carbocycles. The maximum atomic E-state index is 10.8. The van der Waals surface area contributed by atoms with Gasteiger partial charge in [-0.25, -0.2) is 4.79 Å². The van der Waals surface area contributed by atoms with Crippen LogP contribution in [-0.2, 0) is 4.74 Å². The first-order valence-electron chi connectivity index (χ1n) is 4.36. The normalized spacial score (nSPS) is 8.77. The van der Waals surface area contributed by atoms with Crippen molar-refractivity contribution in [2.45, 2.75) is 19.8 Å².